The Labute approximate surface area is 171 Å². The molecule has 1 aromatic heterocycles. The molecule has 0 fully saturated rings. The number of guanidine groups is 1. The van der Waals surface area contributed by atoms with Crippen LogP contribution in [0.4, 0.5) is 5.69 Å². The van der Waals surface area contributed by atoms with Gasteiger partial charge in [0.1, 0.15) is 11.9 Å². The zero-order valence-electron chi connectivity index (χ0n) is 17.2. The number of methoxy groups -OCH3 is 1. The van der Waals surface area contributed by atoms with Crippen molar-refractivity contribution >= 4 is 17.6 Å². The fourth-order valence-corrected chi connectivity index (χ4v) is 3.59. The molecule has 8 nitrogen and oxygen atoms in total. The fourth-order valence-electron chi connectivity index (χ4n) is 3.59. The minimum absolute atomic E-state index is 0.108. The van der Waals surface area contributed by atoms with Gasteiger partial charge in [-0.15, -0.1) is 0 Å². The summed E-state index contributed by atoms with van der Waals surface area (Å²) in [7, 11) is 3.50. The minimum Gasteiger partial charge on any atom is -0.496 e. The van der Waals surface area contributed by atoms with Crippen LogP contribution in [0.25, 0.3) is 0 Å². The van der Waals surface area contributed by atoms with Gasteiger partial charge in [-0.3, -0.25) is 5.32 Å². The highest BCUT2D eigenvalue weighted by molar-refractivity contribution is 5.88. The van der Waals surface area contributed by atoms with Crippen LogP contribution in [0.15, 0.2) is 35.5 Å². The van der Waals surface area contributed by atoms with Crippen LogP contribution in [-0.2, 0) is 6.54 Å². The van der Waals surface area contributed by atoms with Crippen LogP contribution in [0, 0.1) is 0 Å². The zero-order chi connectivity index (χ0) is 21.0. The Morgan fingerprint density at radius 2 is 2.14 bits per heavy atom. The quantitative estimate of drug-likeness (QED) is 0.560. The highest BCUT2D eigenvalue weighted by Gasteiger charge is 2.29. The van der Waals surface area contributed by atoms with Crippen molar-refractivity contribution < 1.29 is 14.6 Å². The Morgan fingerprint density at radius 1 is 1.34 bits per heavy atom. The Kier molecular flexibility index (Phi) is 6.43. The Bertz CT molecular complexity index is 906. The number of aromatic carboxylic acids is 1. The third kappa shape index (κ3) is 4.37. The molecular formula is C21H29N5O3. The molecule has 3 rings (SSSR count). The molecule has 0 saturated carbocycles. The number of aromatic nitrogens is 1. The summed E-state index contributed by atoms with van der Waals surface area (Å²) in [5.74, 6) is 0.154. The van der Waals surface area contributed by atoms with E-state index in [9.17, 15) is 9.90 Å². The molecule has 1 aromatic carbocycles. The summed E-state index contributed by atoms with van der Waals surface area (Å²) in [6.45, 7) is 3.52. The van der Waals surface area contributed by atoms with Crippen molar-refractivity contribution in [3.8, 4) is 5.75 Å². The average molecular weight is 399 g/mol. The predicted molar refractivity (Wildman–Crippen MR) is 113 cm³/mol. The van der Waals surface area contributed by atoms with E-state index in [0.29, 0.717) is 18.3 Å². The number of nitrogens with one attached hydrogen (secondary N) is 1. The van der Waals surface area contributed by atoms with Gasteiger partial charge in [0.05, 0.1) is 30.6 Å². The average Bonchev–Trinajstić information content (AvgIpc) is 3.09. The first-order valence-corrected chi connectivity index (χ1v) is 9.85. The number of carboxylic acid groups (broad SMARTS) is 1. The number of carboxylic acids is 1. The van der Waals surface area contributed by atoms with Gasteiger partial charge in [-0.1, -0.05) is 19.8 Å². The van der Waals surface area contributed by atoms with Crippen molar-refractivity contribution in [2.45, 2.75) is 38.9 Å². The maximum Gasteiger partial charge on any atom is 0.335 e. The molecular weight excluding hydrogens is 370 g/mol. The molecule has 1 aliphatic heterocycles. The molecule has 1 aliphatic rings. The van der Waals surface area contributed by atoms with Crippen molar-refractivity contribution in [3.05, 3.63) is 47.3 Å². The van der Waals surface area contributed by atoms with Gasteiger partial charge in [-0.25, -0.2) is 9.79 Å². The number of nitrogens with zero attached hydrogens (tertiary/aromatic N) is 3. The lowest BCUT2D eigenvalue weighted by Crippen LogP contribution is -2.46. The van der Waals surface area contributed by atoms with Gasteiger partial charge in [0.2, 0.25) is 0 Å². The van der Waals surface area contributed by atoms with Gasteiger partial charge in [0.15, 0.2) is 5.96 Å². The lowest BCUT2D eigenvalue weighted by atomic mass is 10.1. The molecule has 1 unspecified atom stereocenters. The van der Waals surface area contributed by atoms with E-state index in [2.05, 4.69) is 21.8 Å². The third-order valence-electron chi connectivity index (χ3n) is 5.21. The number of rotatable bonds is 9. The lowest BCUT2D eigenvalue weighted by molar-refractivity contribution is 0.0696. The number of carbonyl (C=O) groups is 1. The molecule has 0 amide bonds. The molecule has 0 bridgehead atoms. The smallest absolute Gasteiger partial charge is 0.335 e. The van der Waals surface area contributed by atoms with Crippen molar-refractivity contribution in [2.75, 3.05) is 20.7 Å². The topological polar surface area (TPSA) is 105 Å². The van der Waals surface area contributed by atoms with Crippen LogP contribution in [0.3, 0.4) is 0 Å². The van der Waals surface area contributed by atoms with E-state index in [0.717, 1.165) is 36.3 Å². The van der Waals surface area contributed by atoms with Crippen LogP contribution >= 0.6 is 0 Å². The highest BCUT2D eigenvalue weighted by atomic mass is 16.5. The van der Waals surface area contributed by atoms with Crippen LogP contribution in [0.1, 0.15) is 54.0 Å². The largest absolute Gasteiger partial charge is 0.496 e. The number of hydrogen-bond donors (Lipinski definition) is 3. The summed E-state index contributed by atoms with van der Waals surface area (Å²) in [5.41, 5.74) is 8.96. The normalized spacial score (nSPS) is 15.8. The Morgan fingerprint density at radius 3 is 2.83 bits per heavy atom. The van der Waals surface area contributed by atoms with Crippen LogP contribution < -0.4 is 15.8 Å². The number of nitrogens with two attached hydrogens (primary N) is 1. The molecule has 8 heteroatoms. The SMILES string of the molecule is CCCCCNC1c2c(ccn2Cc2cc(C(=O)O)ccc2OC)N=C(N)N1C. The standard InChI is InChI=1S/C21H29N5O3/c1-4-5-6-10-23-19-18-16(24-21(22)25(19)2)9-11-26(18)13-15-12-14(20(27)28)7-8-17(15)29-3/h7-9,11-12,19,23H,4-6,10,13H2,1-3H3,(H2,22,24)(H,27,28). The van der Waals surface area contributed by atoms with Gasteiger partial charge in [-0.2, -0.15) is 0 Å². The van der Waals surface area contributed by atoms with E-state index in [4.69, 9.17) is 10.5 Å². The van der Waals surface area contributed by atoms with E-state index in [1.165, 1.54) is 6.42 Å². The molecule has 4 N–H and O–H groups in total. The number of aliphatic imine (C=N–C) groups is 1. The number of benzene rings is 1. The number of fused-ring (bicyclic) bond motifs is 1. The minimum atomic E-state index is -0.962. The molecule has 0 radical (unpaired) electrons. The van der Waals surface area contributed by atoms with Gasteiger partial charge in [-0.05, 0) is 37.2 Å². The Hall–Kier alpha value is -3.00. The monoisotopic (exact) mass is 399 g/mol. The summed E-state index contributed by atoms with van der Waals surface area (Å²) in [6, 6.07) is 6.83. The first-order valence-electron chi connectivity index (χ1n) is 9.85. The maximum absolute atomic E-state index is 11.4. The molecule has 0 saturated heterocycles. The summed E-state index contributed by atoms with van der Waals surface area (Å²) in [5, 5.41) is 12.9. The highest BCUT2D eigenvalue weighted by Crippen LogP contribution is 2.34. The first kappa shape index (κ1) is 20.7. The second-order valence-corrected chi connectivity index (χ2v) is 7.19. The number of unbranched alkanes of at least 4 members (excludes halogenated alkanes) is 2. The summed E-state index contributed by atoms with van der Waals surface area (Å²) >= 11 is 0. The third-order valence-corrected chi connectivity index (χ3v) is 5.21. The van der Waals surface area contributed by atoms with Crippen LogP contribution in [0.2, 0.25) is 0 Å². The summed E-state index contributed by atoms with van der Waals surface area (Å²) in [4.78, 5) is 17.8. The number of hydrogen-bond acceptors (Lipinski definition) is 6. The van der Waals surface area contributed by atoms with E-state index in [1.807, 2.05) is 24.2 Å². The van der Waals surface area contributed by atoms with Crippen molar-refractivity contribution in [1.29, 1.82) is 0 Å². The predicted octanol–water partition coefficient (Wildman–Crippen LogP) is 2.91. The first-order chi connectivity index (χ1) is 14.0. The zero-order valence-corrected chi connectivity index (χ0v) is 17.2. The lowest BCUT2D eigenvalue weighted by Gasteiger charge is -2.34. The molecule has 1 atom stereocenters. The number of ether oxygens (including phenoxy) is 1. The van der Waals surface area contributed by atoms with Crippen LogP contribution in [0.5, 0.6) is 5.75 Å². The van der Waals surface area contributed by atoms with E-state index in [-0.39, 0.29) is 11.7 Å². The molecule has 0 aliphatic carbocycles. The Balaban J connectivity index is 1.93. The molecule has 29 heavy (non-hydrogen) atoms. The van der Waals surface area contributed by atoms with Crippen molar-refractivity contribution in [1.82, 2.24) is 14.8 Å². The van der Waals surface area contributed by atoms with E-state index in [1.54, 1.807) is 25.3 Å². The molecule has 2 heterocycles. The van der Waals surface area contributed by atoms with Crippen LogP contribution in [-0.4, -0.2) is 47.2 Å². The van der Waals surface area contributed by atoms with Gasteiger partial charge < -0.3 is 25.0 Å². The maximum atomic E-state index is 11.4. The fraction of sp³-hybridized carbons (Fsp3) is 0.429. The molecule has 2 aromatic rings. The summed E-state index contributed by atoms with van der Waals surface area (Å²) < 4.78 is 7.52. The molecule has 0 spiro atoms. The molecule has 156 valence electrons. The van der Waals surface area contributed by atoms with E-state index < -0.39 is 5.97 Å². The van der Waals surface area contributed by atoms with Gasteiger partial charge >= 0.3 is 5.97 Å². The second-order valence-electron chi connectivity index (χ2n) is 7.19. The van der Waals surface area contributed by atoms with Gasteiger partial charge in [0, 0.05) is 18.8 Å². The van der Waals surface area contributed by atoms with E-state index >= 15 is 0 Å². The summed E-state index contributed by atoms with van der Waals surface area (Å²) in [6.07, 6.45) is 5.26. The van der Waals surface area contributed by atoms with Crippen molar-refractivity contribution in [3.63, 3.8) is 0 Å². The second kappa shape index (κ2) is 9.00. The van der Waals surface area contributed by atoms with Crippen molar-refractivity contribution in [2.24, 2.45) is 10.7 Å². The van der Waals surface area contributed by atoms with Gasteiger partial charge in [0.25, 0.3) is 0 Å².